The smallest absolute Gasteiger partial charge is 0.124 e. The zero-order chi connectivity index (χ0) is 14.9. The number of rotatable bonds is 8. The maximum atomic E-state index is 9.24. The summed E-state index contributed by atoms with van der Waals surface area (Å²) in [4.78, 5) is 5.05. The van der Waals surface area contributed by atoms with E-state index in [4.69, 9.17) is 4.74 Å². The van der Waals surface area contributed by atoms with Crippen LogP contribution in [0.15, 0.2) is 24.3 Å². The van der Waals surface area contributed by atoms with Crippen LogP contribution < -0.4 is 4.74 Å². The Labute approximate surface area is 128 Å². The number of nitrogens with zero attached hydrogens (tertiary/aromatic N) is 2. The van der Waals surface area contributed by atoms with Crippen molar-refractivity contribution >= 4 is 0 Å². The average Bonchev–Trinajstić information content (AvgIpc) is 2.55. The summed E-state index contributed by atoms with van der Waals surface area (Å²) >= 11 is 0. The van der Waals surface area contributed by atoms with Gasteiger partial charge < -0.3 is 19.6 Å². The molecule has 1 aromatic rings. The summed E-state index contributed by atoms with van der Waals surface area (Å²) in [5.74, 6) is 0.816. The van der Waals surface area contributed by atoms with Gasteiger partial charge in [-0.05, 0) is 32.0 Å². The van der Waals surface area contributed by atoms with E-state index in [0.29, 0.717) is 0 Å². The largest absolute Gasteiger partial charge is 0.493 e. The molecule has 1 saturated heterocycles. The van der Waals surface area contributed by atoms with Crippen molar-refractivity contribution in [2.75, 3.05) is 45.9 Å². The van der Waals surface area contributed by atoms with Crippen LogP contribution in [0.25, 0.3) is 0 Å². The maximum Gasteiger partial charge on any atom is 0.124 e. The molecule has 1 heterocycles. The molecule has 0 aliphatic carbocycles. The van der Waals surface area contributed by atoms with E-state index in [9.17, 15) is 5.11 Å². The van der Waals surface area contributed by atoms with Crippen molar-refractivity contribution in [3.05, 3.63) is 29.8 Å². The number of piperazine rings is 1. The standard InChI is InChI=1S/C17H28N2O2/c1-2-18-10-12-19(13-11-18)9-5-6-14-21-17-8-4-3-7-16(17)15-20/h3-4,7-8,20H,2,5-6,9-15H2,1H3. The van der Waals surface area contributed by atoms with Gasteiger partial charge in [-0.15, -0.1) is 0 Å². The Bertz CT molecular complexity index is 404. The molecule has 0 unspecified atom stereocenters. The third-order valence-corrected chi connectivity index (χ3v) is 4.18. The molecular weight excluding hydrogens is 264 g/mol. The maximum absolute atomic E-state index is 9.24. The highest BCUT2D eigenvalue weighted by molar-refractivity contribution is 5.32. The number of likely N-dealkylation sites (N-methyl/N-ethyl adjacent to an activating group) is 1. The number of para-hydroxylation sites is 1. The van der Waals surface area contributed by atoms with Crippen LogP contribution in [0.2, 0.25) is 0 Å². The number of aliphatic hydroxyl groups is 1. The van der Waals surface area contributed by atoms with Crippen molar-refractivity contribution in [1.29, 1.82) is 0 Å². The van der Waals surface area contributed by atoms with Crippen molar-refractivity contribution in [2.24, 2.45) is 0 Å². The third-order valence-electron chi connectivity index (χ3n) is 4.18. The Hall–Kier alpha value is -1.10. The van der Waals surface area contributed by atoms with Gasteiger partial charge in [0.1, 0.15) is 5.75 Å². The highest BCUT2D eigenvalue weighted by Crippen LogP contribution is 2.17. The van der Waals surface area contributed by atoms with Crippen LogP contribution >= 0.6 is 0 Å². The van der Waals surface area contributed by atoms with Crippen LogP contribution in [0.4, 0.5) is 0 Å². The zero-order valence-electron chi connectivity index (χ0n) is 13.1. The molecule has 4 nitrogen and oxygen atoms in total. The molecule has 0 atom stereocenters. The molecule has 0 saturated carbocycles. The topological polar surface area (TPSA) is 35.9 Å². The van der Waals surface area contributed by atoms with Crippen molar-refractivity contribution in [3.8, 4) is 5.75 Å². The van der Waals surface area contributed by atoms with E-state index in [2.05, 4.69) is 16.7 Å². The Morgan fingerprint density at radius 2 is 1.76 bits per heavy atom. The quantitative estimate of drug-likeness (QED) is 0.743. The summed E-state index contributed by atoms with van der Waals surface area (Å²) in [6.07, 6.45) is 2.24. The van der Waals surface area contributed by atoms with E-state index in [1.807, 2.05) is 24.3 Å². The van der Waals surface area contributed by atoms with Crippen LogP contribution in [-0.2, 0) is 6.61 Å². The number of hydrogen-bond acceptors (Lipinski definition) is 4. The van der Waals surface area contributed by atoms with Crippen molar-refractivity contribution in [3.63, 3.8) is 0 Å². The highest BCUT2D eigenvalue weighted by Gasteiger charge is 2.14. The molecule has 4 heteroatoms. The van der Waals surface area contributed by atoms with Gasteiger partial charge in [-0.3, -0.25) is 0 Å². The fourth-order valence-corrected chi connectivity index (χ4v) is 2.72. The fourth-order valence-electron chi connectivity index (χ4n) is 2.72. The lowest BCUT2D eigenvalue weighted by Crippen LogP contribution is -2.46. The van der Waals surface area contributed by atoms with Gasteiger partial charge in [-0.25, -0.2) is 0 Å². The first kappa shape index (κ1) is 16.3. The van der Waals surface area contributed by atoms with Crippen LogP contribution in [-0.4, -0.2) is 60.8 Å². The summed E-state index contributed by atoms with van der Waals surface area (Å²) in [6.45, 7) is 10.1. The van der Waals surface area contributed by atoms with Crippen LogP contribution in [0.5, 0.6) is 5.75 Å². The van der Waals surface area contributed by atoms with E-state index >= 15 is 0 Å². The van der Waals surface area contributed by atoms with E-state index in [1.165, 1.54) is 45.7 Å². The number of ether oxygens (including phenoxy) is 1. The van der Waals surface area contributed by atoms with Gasteiger partial charge in [0, 0.05) is 31.7 Å². The minimum absolute atomic E-state index is 0.0396. The summed E-state index contributed by atoms with van der Waals surface area (Å²) < 4.78 is 5.77. The van der Waals surface area contributed by atoms with Crippen molar-refractivity contribution in [1.82, 2.24) is 9.80 Å². The molecule has 2 rings (SSSR count). The molecule has 1 fully saturated rings. The second-order valence-corrected chi connectivity index (χ2v) is 5.60. The molecule has 1 aromatic carbocycles. The lowest BCUT2D eigenvalue weighted by Gasteiger charge is -2.33. The number of unbranched alkanes of at least 4 members (excludes halogenated alkanes) is 1. The van der Waals surface area contributed by atoms with Crippen molar-refractivity contribution < 1.29 is 9.84 Å². The van der Waals surface area contributed by atoms with Crippen molar-refractivity contribution in [2.45, 2.75) is 26.4 Å². The van der Waals surface area contributed by atoms with Gasteiger partial charge in [-0.1, -0.05) is 25.1 Å². The van der Waals surface area contributed by atoms with E-state index in [0.717, 1.165) is 24.3 Å². The van der Waals surface area contributed by atoms with Gasteiger partial charge in [0.2, 0.25) is 0 Å². The zero-order valence-corrected chi connectivity index (χ0v) is 13.1. The lowest BCUT2D eigenvalue weighted by atomic mass is 10.2. The first-order valence-electron chi connectivity index (χ1n) is 8.09. The fraction of sp³-hybridized carbons (Fsp3) is 0.647. The molecule has 0 aromatic heterocycles. The normalized spacial score (nSPS) is 17.0. The number of aliphatic hydroxyl groups excluding tert-OH is 1. The Morgan fingerprint density at radius 1 is 1.05 bits per heavy atom. The van der Waals surface area contributed by atoms with E-state index < -0.39 is 0 Å². The highest BCUT2D eigenvalue weighted by atomic mass is 16.5. The molecular formula is C17H28N2O2. The molecule has 0 amide bonds. The first-order valence-corrected chi connectivity index (χ1v) is 8.09. The first-order chi connectivity index (χ1) is 10.3. The Balaban J connectivity index is 1.58. The average molecular weight is 292 g/mol. The number of hydrogen-bond donors (Lipinski definition) is 1. The summed E-state index contributed by atoms with van der Waals surface area (Å²) in [6, 6.07) is 7.70. The molecule has 1 aliphatic heterocycles. The van der Waals surface area contributed by atoms with Gasteiger partial charge in [0.15, 0.2) is 0 Å². The predicted octanol–water partition coefficient (Wildman–Crippen LogP) is 1.98. The third kappa shape index (κ3) is 5.30. The molecule has 0 spiro atoms. The minimum Gasteiger partial charge on any atom is -0.493 e. The summed E-state index contributed by atoms with van der Waals surface area (Å²) in [7, 11) is 0. The SMILES string of the molecule is CCN1CCN(CCCCOc2ccccc2CO)CC1. The predicted molar refractivity (Wildman–Crippen MR) is 85.6 cm³/mol. The monoisotopic (exact) mass is 292 g/mol. The molecule has 1 N–H and O–H groups in total. The van der Waals surface area contributed by atoms with Gasteiger partial charge in [0.25, 0.3) is 0 Å². The van der Waals surface area contributed by atoms with Gasteiger partial charge >= 0.3 is 0 Å². The summed E-state index contributed by atoms with van der Waals surface area (Å²) in [5.41, 5.74) is 0.869. The van der Waals surface area contributed by atoms with E-state index in [1.54, 1.807) is 0 Å². The molecule has 118 valence electrons. The minimum atomic E-state index is 0.0396. The lowest BCUT2D eigenvalue weighted by molar-refractivity contribution is 0.134. The Morgan fingerprint density at radius 3 is 2.48 bits per heavy atom. The molecule has 1 aliphatic rings. The second-order valence-electron chi connectivity index (χ2n) is 5.60. The van der Waals surface area contributed by atoms with Gasteiger partial charge in [-0.2, -0.15) is 0 Å². The van der Waals surface area contributed by atoms with Crippen LogP contribution in [0, 0.1) is 0 Å². The molecule has 0 radical (unpaired) electrons. The number of benzene rings is 1. The second kappa shape index (κ2) is 9.03. The van der Waals surface area contributed by atoms with E-state index in [-0.39, 0.29) is 6.61 Å². The summed E-state index contributed by atoms with van der Waals surface area (Å²) in [5, 5.41) is 9.24. The molecule has 0 bridgehead atoms. The van der Waals surface area contributed by atoms with Gasteiger partial charge in [0.05, 0.1) is 13.2 Å². The van der Waals surface area contributed by atoms with Crippen LogP contribution in [0.3, 0.4) is 0 Å². The molecule has 21 heavy (non-hydrogen) atoms. The Kier molecular flexibility index (Phi) is 7.00. The van der Waals surface area contributed by atoms with Crippen LogP contribution in [0.1, 0.15) is 25.3 Å².